The maximum Gasteiger partial charge on any atom is 0.0878 e. The van der Waals surface area contributed by atoms with Crippen LogP contribution in [0.5, 0.6) is 0 Å². The van der Waals surface area contributed by atoms with Gasteiger partial charge in [0.25, 0.3) is 0 Å². The van der Waals surface area contributed by atoms with Crippen molar-refractivity contribution in [3.63, 3.8) is 0 Å². The van der Waals surface area contributed by atoms with Crippen LogP contribution in [0.4, 0.5) is 17.1 Å². The average Bonchev–Trinajstić information content (AvgIpc) is 2.51. The minimum absolute atomic E-state index is 0.844. The van der Waals surface area contributed by atoms with Gasteiger partial charge < -0.3 is 16.0 Å². The summed E-state index contributed by atoms with van der Waals surface area (Å²) in [5, 5.41) is 3.30. The number of nitrogens with two attached hydrogens (primary N) is 1. The third-order valence-electron chi connectivity index (χ3n) is 2.36. The Morgan fingerprint density at radius 3 is 3.15 bits per heavy atom. The molecule has 3 nitrogen and oxygen atoms in total. The Morgan fingerprint density at radius 1 is 1.54 bits per heavy atom. The number of hydrogen-bond donors (Lipinski definition) is 2. The summed E-state index contributed by atoms with van der Waals surface area (Å²) in [5.41, 5.74) is 9.02. The SMILES string of the molecule is CCCN1CNc2c(N)cccc21. The van der Waals surface area contributed by atoms with Crippen molar-refractivity contribution in [2.45, 2.75) is 13.3 Å². The van der Waals surface area contributed by atoms with Crippen molar-refractivity contribution in [2.24, 2.45) is 0 Å². The molecule has 0 aromatic heterocycles. The van der Waals surface area contributed by atoms with E-state index in [0.717, 1.165) is 31.0 Å². The van der Waals surface area contributed by atoms with Gasteiger partial charge >= 0.3 is 0 Å². The van der Waals surface area contributed by atoms with Crippen LogP contribution in [0, 0.1) is 0 Å². The van der Waals surface area contributed by atoms with Gasteiger partial charge in [0.05, 0.1) is 23.7 Å². The Morgan fingerprint density at radius 2 is 2.38 bits per heavy atom. The molecule has 0 saturated carbocycles. The van der Waals surface area contributed by atoms with Crippen molar-refractivity contribution in [1.29, 1.82) is 0 Å². The quantitative estimate of drug-likeness (QED) is 0.677. The summed E-state index contributed by atoms with van der Waals surface area (Å²) in [6.45, 7) is 4.16. The Balaban J connectivity index is 2.32. The molecule has 0 amide bonds. The lowest BCUT2D eigenvalue weighted by atomic mass is 10.2. The number of fused-ring (bicyclic) bond motifs is 1. The largest absolute Gasteiger partial charge is 0.397 e. The van der Waals surface area contributed by atoms with Crippen LogP contribution in [0.25, 0.3) is 0 Å². The highest BCUT2D eigenvalue weighted by Crippen LogP contribution is 2.35. The van der Waals surface area contributed by atoms with Gasteiger partial charge in [-0.25, -0.2) is 0 Å². The molecule has 1 aromatic carbocycles. The fourth-order valence-electron chi connectivity index (χ4n) is 1.74. The minimum Gasteiger partial charge on any atom is -0.397 e. The van der Waals surface area contributed by atoms with Crippen LogP contribution < -0.4 is 16.0 Å². The molecule has 2 rings (SSSR count). The van der Waals surface area contributed by atoms with Gasteiger partial charge in [0.15, 0.2) is 0 Å². The highest BCUT2D eigenvalue weighted by molar-refractivity contribution is 5.85. The number of nitrogens with zero attached hydrogens (tertiary/aromatic N) is 1. The molecular weight excluding hydrogens is 162 g/mol. The Hall–Kier alpha value is -1.38. The van der Waals surface area contributed by atoms with Crippen LogP contribution >= 0.6 is 0 Å². The topological polar surface area (TPSA) is 41.3 Å². The summed E-state index contributed by atoms with van der Waals surface area (Å²) in [6, 6.07) is 6.05. The number of nitrogen functional groups attached to an aromatic ring is 1. The Labute approximate surface area is 78.5 Å². The first kappa shape index (κ1) is 8.23. The van der Waals surface area contributed by atoms with Crippen LogP contribution in [0.2, 0.25) is 0 Å². The van der Waals surface area contributed by atoms with Gasteiger partial charge in [-0.15, -0.1) is 0 Å². The van der Waals surface area contributed by atoms with E-state index in [2.05, 4.69) is 23.2 Å². The van der Waals surface area contributed by atoms with Crippen molar-refractivity contribution in [2.75, 3.05) is 29.2 Å². The second-order valence-corrected chi connectivity index (χ2v) is 3.34. The fraction of sp³-hybridized carbons (Fsp3) is 0.400. The number of hydrogen-bond acceptors (Lipinski definition) is 3. The summed E-state index contributed by atoms with van der Waals surface area (Å²) in [7, 11) is 0. The average molecular weight is 177 g/mol. The van der Waals surface area contributed by atoms with Gasteiger partial charge in [-0.1, -0.05) is 13.0 Å². The summed E-state index contributed by atoms with van der Waals surface area (Å²) >= 11 is 0. The van der Waals surface area contributed by atoms with E-state index in [1.54, 1.807) is 0 Å². The molecule has 1 heterocycles. The van der Waals surface area contributed by atoms with E-state index in [0.29, 0.717) is 0 Å². The van der Waals surface area contributed by atoms with E-state index in [4.69, 9.17) is 5.73 Å². The monoisotopic (exact) mass is 177 g/mol. The van der Waals surface area contributed by atoms with E-state index in [-0.39, 0.29) is 0 Å². The predicted octanol–water partition coefficient (Wildman–Crippen LogP) is 1.87. The summed E-state index contributed by atoms with van der Waals surface area (Å²) in [4.78, 5) is 2.31. The molecule has 0 radical (unpaired) electrons. The maximum absolute atomic E-state index is 5.84. The van der Waals surface area contributed by atoms with Gasteiger partial charge in [-0.3, -0.25) is 0 Å². The zero-order valence-corrected chi connectivity index (χ0v) is 7.88. The van der Waals surface area contributed by atoms with E-state index >= 15 is 0 Å². The fourth-order valence-corrected chi connectivity index (χ4v) is 1.74. The number of benzene rings is 1. The molecule has 0 atom stereocenters. The zero-order valence-electron chi connectivity index (χ0n) is 7.88. The van der Waals surface area contributed by atoms with E-state index in [1.807, 2.05) is 12.1 Å². The van der Waals surface area contributed by atoms with Gasteiger partial charge in [-0.05, 0) is 18.6 Å². The standard InChI is InChI=1S/C10H15N3/c1-2-6-13-7-12-10-8(11)4-3-5-9(10)13/h3-5,12H,2,6-7,11H2,1H3. The molecule has 0 aliphatic carbocycles. The van der Waals surface area contributed by atoms with Crippen LogP contribution in [-0.2, 0) is 0 Å². The molecule has 3 heteroatoms. The van der Waals surface area contributed by atoms with Crippen molar-refractivity contribution in [3.05, 3.63) is 18.2 Å². The van der Waals surface area contributed by atoms with Crippen molar-refractivity contribution in [1.82, 2.24) is 0 Å². The first-order chi connectivity index (χ1) is 6.33. The van der Waals surface area contributed by atoms with E-state index < -0.39 is 0 Å². The molecule has 1 aliphatic heterocycles. The van der Waals surface area contributed by atoms with Crippen LogP contribution in [-0.4, -0.2) is 13.2 Å². The van der Waals surface area contributed by atoms with Gasteiger partial charge in [0.2, 0.25) is 0 Å². The first-order valence-electron chi connectivity index (χ1n) is 4.70. The van der Waals surface area contributed by atoms with Crippen LogP contribution in [0.3, 0.4) is 0 Å². The van der Waals surface area contributed by atoms with Crippen LogP contribution in [0.15, 0.2) is 18.2 Å². The zero-order chi connectivity index (χ0) is 9.26. The van der Waals surface area contributed by atoms with E-state index in [1.165, 1.54) is 5.69 Å². The summed E-state index contributed by atoms with van der Waals surface area (Å²) in [5.74, 6) is 0. The lowest BCUT2D eigenvalue weighted by Gasteiger charge is -2.16. The lowest BCUT2D eigenvalue weighted by molar-refractivity contribution is 0.820. The molecular formula is C10H15N3. The number of rotatable bonds is 2. The smallest absolute Gasteiger partial charge is 0.0878 e. The van der Waals surface area contributed by atoms with E-state index in [9.17, 15) is 0 Å². The van der Waals surface area contributed by atoms with Crippen molar-refractivity contribution < 1.29 is 0 Å². The second kappa shape index (κ2) is 3.17. The third-order valence-corrected chi connectivity index (χ3v) is 2.36. The number of nitrogens with one attached hydrogen (secondary N) is 1. The van der Waals surface area contributed by atoms with Crippen molar-refractivity contribution >= 4 is 17.1 Å². The molecule has 70 valence electrons. The third kappa shape index (κ3) is 1.30. The normalized spacial score (nSPS) is 14.1. The predicted molar refractivity (Wildman–Crippen MR) is 57.0 cm³/mol. The van der Waals surface area contributed by atoms with Crippen molar-refractivity contribution in [3.8, 4) is 0 Å². The summed E-state index contributed by atoms with van der Waals surface area (Å²) in [6.07, 6.45) is 1.16. The number of anilines is 3. The lowest BCUT2D eigenvalue weighted by Crippen LogP contribution is -2.23. The van der Waals surface area contributed by atoms with Crippen LogP contribution in [0.1, 0.15) is 13.3 Å². The molecule has 0 fully saturated rings. The Kier molecular flexibility index (Phi) is 2.00. The molecule has 1 aliphatic rings. The summed E-state index contributed by atoms with van der Waals surface area (Å²) < 4.78 is 0. The molecule has 3 N–H and O–H groups in total. The molecule has 1 aromatic rings. The van der Waals surface area contributed by atoms with Gasteiger partial charge in [-0.2, -0.15) is 0 Å². The maximum atomic E-state index is 5.84. The van der Waals surface area contributed by atoms with Gasteiger partial charge in [0, 0.05) is 6.54 Å². The molecule has 0 saturated heterocycles. The first-order valence-corrected chi connectivity index (χ1v) is 4.70. The molecule has 0 unspecified atom stereocenters. The highest BCUT2D eigenvalue weighted by atomic mass is 15.3. The highest BCUT2D eigenvalue weighted by Gasteiger charge is 2.18. The Bertz CT molecular complexity index is 309. The van der Waals surface area contributed by atoms with Gasteiger partial charge in [0.1, 0.15) is 0 Å². The number of para-hydroxylation sites is 1. The minimum atomic E-state index is 0.844. The molecule has 0 spiro atoms. The second-order valence-electron chi connectivity index (χ2n) is 3.34. The molecule has 13 heavy (non-hydrogen) atoms. The molecule has 0 bridgehead atoms.